The molecule has 0 bridgehead atoms. The molecule has 0 spiro atoms. The van der Waals surface area contributed by atoms with Gasteiger partial charge in [-0.1, -0.05) is 42.5 Å². The van der Waals surface area contributed by atoms with Crippen molar-refractivity contribution in [1.29, 1.82) is 0 Å². The highest BCUT2D eigenvalue weighted by atomic mass is 16.5. The average molecular weight is 337 g/mol. The van der Waals surface area contributed by atoms with Crippen LogP contribution in [0.5, 0.6) is 0 Å². The normalized spacial score (nSPS) is 10.2. The van der Waals surface area contributed by atoms with Gasteiger partial charge in [0.2, 0.25) is 0 Å². The largest absolute Gasteiger partial charge is 0.460 e. The summed E-state index contributed by atoms with van der Waals surface area (Å²) in [5, 5.41) is 3.18. The first kappa shape index (κ1) is 18.5. The molecule has 4 heteroatoms. The molecule has 25 heavy (non-hydrogen) atoms. The van der Waals surface area contributed by atoms with E-state index in [2.05, 4.69) is 11.9 Å². The van der Waals surface area contributed by atoms with Gasteiger partial charge in [0.05, 0.1) is 0 Å². The van der Waals surface area contributed by atoms with Gasteiger partial charge in [-0.2, -0.15) is 0 Å². The highest BCUT2D eigenvalue weighted by Gasteiger charge is 2.14. The maximum absolute atomic E-state index is 12.8. The Bertz CT molecular complexity index is 791. The van der Waals surface area contributed by atoms with Crippen LogP contribution in [0.25, 0.3) is 0 Å². The number of anilines is 1. The van der Waals surface area contributed by atoms with Gasteiger partial charge in [-0.3, -0.25) is 4.79 Å². The van der Waals surface area contributed by atoms with E-state index in [4.69, 9.17) is 4.74 Å². The minimum Gasteiger partial charge on any atom is -0.460 e. The number of ketones is 1. The fourth-order valence-corrected chi connectivity index (χ4v) is 2.32. The second-order valence-electron chi connectivity index (χ2n) is 6.09. The van der Waals surface area contributed by atoms with Crippen molar-refractivity contribution in [3.05, 3.63) is 76.9 Å². The van der Waals surface area contributed by atoms with E-state index in [0.29, 0.717) is 23.2 Å². The van der Waals surface area contributed by atoms with Crippen LogP contribution >= 0.6 is 0 Å². The van der Waals surface area contributed by atoms with E-state index in [1.165, 1.54) is 0 Å². The summed E-state index contributed by atoms with van der Waals surface area (Å²) in [4.78, 5) is 24.2. The number of hydrogen-bond donors (Lipinski definition) is 1. The summed E-state index contributed by atoms with van der Waals surface area (Å²) in [5.41, 5.74) is 4.50. The summed E-state index contributed by atoms with van der Waals surface area (Å²) in [6, 6.07) is 13.2. The number of benzene rings is 2. The molecule has 0 fully saturated rings. The first-order valence-electron chi connectivity index (χ1n) is 8.17. The molecule has 0 saturated carbocycles. The number of nitrogens with one attached hydrogen (secondary N) is 1. The zero-order valence-corrected chi connectivity index (χ0v) is 14.9. The molecule has 0 amide bonds. The van der Waals surface area contributed by atoms with Crippen LogP contribution in [0.3, 0.4) is 0 Å². The van der Waals surface area contributed by atoms with E-state index in [-0.39, 0.29) is 12.4 Å². The number of hydrogen-bond acceptors (Lipinski definition) is 4. The van der Waals surface area contributed by atoms with E-state index in [0.717, 1.165) is 16.8 Å². The zero-order valence-electron chi connectivity index (χ0n) is 14.9. The van der Waals surface area contributed by atoms with Gasteiger partial charge in [0, 0.05) is 28.9 Å². The van der Waals surface area contributed by atoms with Crippen LogP contribution < -0.4 is 5.32 Å². The van der Waals surface area contributed by atoms with Gasteiger partial charge < -0.3 is 10.1 Å². The SMILES string of the molecule is C=C(C)C(=O)OCCNc1cc(C)ccc1C(=O)c1ccc(C)cc1. The van der Waals surface area contributed by atoms with E-state index in [9.17, 15) is 9.59 Å². The lowest BCUT2D eigenvalue weighted by Crippen LogP contribution is -2.16. The first-order chi connectivity index (χ1) is 11.9. The number of aryl methyl sites for hydroxylation is 2. The third-order valence-electron chi connectivity index (χ3n) is 3.73. The van der Waals surface area contributed by atoms with Crippen molar-refractivity contribution in [1.82, 2.24) is 0 Å². The smallest absolute Gasteiger partial charge is 0.333 e. The van der Waals surface area contributed by atoms with E-state index < -0.39 is 5.97 Å². The molecule has 2 aromatic carbocycles. The van der Waals surface area contributed by atoms with Crippen molar-refractivity contribution in [3.63, 3.8) is 0 Å². The molecule has 4 nitrogen and oxygen atoms in total. The quantitative estimate of drug-likeness (QED) is 0.358. The summed E-state index contributed by atoms with van der Waals surface area (Å²) < 4.78 is 5.07. The number of carbonyl (C=O) groups excluding carboxylic acids is 2. The third kappa shape index (κ3) is 5.05. The van der Waals surface area contributed by atoms with Gasteiger partial charge in [-0.15, -0.1) is 0 Å². The monoisotopic (exact) mass is 337 g/mol. The molecule has 0 aliphatic carbocycles. The van der Waals surface area contributed by atoms with Crippen molar-refractivity contribution < 1.29 is 14.3 Å². The molecule has 0 heterocycles. The summed E-state index contributed by atoms with van der Waals surface area (Å²) >= 11 is 0. The maximum atomic E-state index is 12.8. The second kappa shape index (κ2) is 8.29. The molecule has 0 aromatic heterocycles. The molecule has 130 valence electrons. The molecular formula is C21H23NO3. The Hall–Kier alpha value is -2.88. The van der Waals surface area contributed by atoms with Crippen molar-refractivity contribution in [2.75, 3.05) is 18.5 Å². The second-order valence-corrected chi connectivity index (χ2v) is 6.09. The van der Waals surface area contributed by atoms with Crippen LogP contribution in [-0.2, 0) is 9.53 Å². The molecular weight excluding hydrogens is 314 g/mol. The Labute approximate surface area is 148 Å². The van der Waals surface area contributed by atoms with Gasteiger partial charge in [0.15, 0.2) is 5.78 Å². The molecule has 2 rings (SSSR count). The molecule has 0 radical (unpaired) electrons. The number of rotatable bonds is 7. The van der Waals surface area contributed by atoms with Crippen molar-refractivity contribution in [2.24, 2.45) is 0 Å². The molecule has 2 aromatic rings. The lowest BCUT2D eigenvalue weighted by Gasteiger charge is -2.13. The Balaban J connectivity index is 2.11. The van der Waals surface area contributed by atoms with Gasteiger partial charge in [-0.05, 0) is 38.5 Å². The number of carbonyl (C=O) groups is 2. The van der Waals surface area contributed by atoms with Crippen LogP contribution in [0.4, 0.5) is 5.69 Å². The molecule has 0 aliphatic rings. The zero-order chi connectivity index (χ0) is 18.4. The lowest BCUT2D eigenvalue weighted by molar-refractivity contribution is -0.138. The highest BCUT2D eigenvalue weighted by Crippen LogP contribution is 2.21. The predicted molar refractivity (Wildman–Crippen MR) is 100 cm³/mol. The van der Waals surface area contributed by atoms with Crippen LogP contribution in [0.1, 0.15) is 34.0 Å². The Morgan fingerprint density at radius 3 is 2.32 bits per heavy atom. The van der Waals surface area contributed by atoms with Gasteiger partial charge >= 0.3 is 5.97 Å². The highest BCUT2D eigenvalue weighted by molar-refractivity contribution is 6.12. The van der Waals surface area contributed by atoms with Crippen LogP contribution in [0, 0.1) is 13.8 Å². The Kier molecular flexibility index (Phi) is 6.12. The summed E-state index contributed by atoms with van der Waals surface area (Å²) in [6.45, 7) is 9.72. The van der Waals surface area contributed by atoms with Crippen LogP contribution in [0.15, 0.2) is 54.6 Å². The molecule has 0 atom stereocenters. The number of esters is 1. The van der Waals surface area contributed by atoms with E-state index in [1.54, 1.807) is 6.92 Å². The standard InChI is InChI=1S/C21H23NO3/c1-14(2)21(24)25-12-11-22-19-13-16(4)7-10-18(19)20(23)17-8-5-15(3)6-9-17/h5-10,13,22H,1,11-12H2,2-4H3. The third-order valence-corrected chi connectivity index (χ3v) is 3.73. The molecule has 0 saturated heterocycles. The molecule has 0 unspecified atom stereocenters. The number of ether oxygens (including phenoxy) is 1. The van der Waals surface area contributed by atoms with Gasteiger partial charge in [-0.25, -0.2) is 4.79 Å². The van der Waals surface area contributed by atoms with Crippen molar-refractivity contribution >= 4 is 17.4 Å². The lowest BCUT2D eigenvalue weighted by atomic mass is 9.99. The summed E-state index contributed by atoms with van der Waals surface area (Å²) in [5.74, 6) is -0.455. The van der Waals surface area contributed by atoms with Crippen LogP contribution in [-0.4, -0.2) is 24.9 Å². The first-order valence-corrected chi connectivity index (χ1v) is 8.17. The fourth-order valence-electron chi connectivity index (χ4n) is 2.32. The minimum absolute atomic E-state index is 0.0403. The summed E-state index contributed by atoms with van der Waals surface area (Å²) in [7, 11) is 0. The van der Waals surface area contributed by atoms with E-state index >= 15 is 0 Å². The van der Waals surface area contributed by atoms with Crippen molar-refractivity contribution in [2.45, 2.75) is 20.8 Å². The molecule has 1 N–H and O–H groups in total. The predicted octanol–water partition coefficient (Wildman–Crippen LogP) is 4.07. The van der Waals surface area contributed by atoms with Gasteiger partial charge in [0.1, 0.15) is 6.61 Å². The van der Waals surface area contributed by atoms with Gasteiger partial charge in [0.25, 0.3) is 0 Å². The minimum atomic E-state index is -0.415. The van der Waals surface area contributed by atoms with Crippen molar-refractivity contribution in [3.8, 4) is 0 Å². The topological polar surface area (TPSA) is 55.4 Å². The maximum Gasteiger partial charge on any atom is 0.333 e. The fraction of sp³-hybridized carbons (Fsp3) is 0.238. The van der Waals surface area contributed by atoms with Crippen LogP contribution in [0.2, 0.25) is 0 Å². The molecule has 0 aliphatic heterocycles. The Morgan fingerprint density at radius 2 is 1.68 bits per heavy atom. The van der Waals surface area contributed by atoms with E-state index in [1.807, 2.05) is 56.3 Å². The Morgan fingerprint density at radius 1 is 1.04 bits per heavy atom. The summed E-state index contributed by atoms with van der Waals surface area (Å²) in [6.07, 6.45) is 0. The average Bonchev–Trinajstić information content (AvgIpc) is 2.58.